The molecule has 1 aromatic carbocycles. The van der Waals surface area contributed by atoms with Crippen molar-refractivity contribution in [3.63, 3.8) is 0 Å². The molecule has 2 amide bonds. The molecule has 0 saturated carbocycles. The summed E-state index contributed by atoms with van der Waals surface area (Å²) >= 11 is 3.26. The van der Waals surface area contributed by atoms with Gasteiger partial charge >= 0.3 is 0 Å². The molecule has 0 aliphatic carbocycles. The molecule has 0 saturated heterocycles. The van der Waals surface area contributed by atoms with Crippen LogP contribution in [0, 0.1) is 24.0 Å². The molecule has 0 unspecified atom stereocenters. The molecule has 156 valence electrons. The number of thiophene rings is 1. The number of nitrogens with one attached hydrogen (secondary N) is 2. The topological polar surface area (TPSA) is 101 Å². The van der Waals surface area contributed by atoms with Crippen molar-refractivity contribution < 1.29 is 14.5 Å². The van der Waals surface area contributed by atoms with Gasteiger partial charge in [0, 0.05) is 27.5 Å². The van der Waals surface area contributed by atoms with E-state index < -0.39 is 16.9 Å². The summed E-state index contributed by atoms with van der Waals surface area (Å²) in [5, 5.41) is 16.6. The lowest BCUT2D eigenvalue weighted by molar-refractivity contribution is -0.384. The third-order valence-corrected chi connectivity index (χ3v) is 6.08. The van der Waals surface area contributed by atoms with E-state index in [2.05, 4.69) is 16.7 Å². The first kappa shape index (κ1) is 22.9. The first-order chi connectivity index (χ1) is 13.7. The molecule has 0 aliphatic rings. The van der Waals surface area contributed by atoms with Crippen LogP contribution < -0.4 is 10.6 Å². The molecular weight excluding hydrogens is 410 g/mol. The minimum absolute atomic E-state index is 0.151. The van der Waals surface area contributed by atoms with Crippen LogP contribution in [0.25, 0.3) is 0 Å². The van der Waals surface area contributed by atoms with Gasteiger partial charge < -0.3 is 10.6 Å². The largest absolute Gasteiger partial charge is 0.348 e. The van der Waals surface area contributed by atoms with Gasteiger partial charge in [0.2, 0.25) is 5.91 Å². The Labute approximate surface area is 178 Å². The number of amides is 2. The lowest BCUT2D eigenvalue weighted by Gasteiger charge is -2.21. The Hall–Kier alpha value is -2.39. The monoisotopic (exact) mass is 435 g/mol. The van der Waals surface area contributed by atoms with Crippen molar-refractivity contribution in [3.8, 4) is 0 Å². The van der Waals surface area contributed by atoms with Gasteiger partial charge in [0.25, 0.3) is 11.6 Å². The third kappa shape index (κ3) is 6.30. The molecule has 1 aromatic heterocycles. The van der Waals surface area contributed by atoms with E-state index in [1.54, 1.807) is 23.1 Å². The highest BCUT2D eigenvalue weighted by atomic mass is 32.2. The number of nitro benzene ring substituents is 1. The van der Waals surface area contributed by atoms with Crippen LogP contribution in [0.1, 0.15) is 45.1 Å². The fourth-order valence-corrected chi connectivity index (χ4v) is 4.47. The minimum atomic E-state index is -0.725. The van der Waals surface area contributed by atoms with Gasteiger partial charge in [-0.25, -0.2) is 0 Å². The molecule has 0 aliphatic heterocycles. The van der Waals surface area contributed by atoms with Gasteiger partial charge in [0.05, 0.1) is 11.0 Å². The van der Waals surface area contributed by atoms with Crippen LogP contribution in [0.5, 0.6) is 0 Å². The molecule has 2 aromatic rings. The third-order valence-electron chi connectivity index (χ3n) is 4.46. The van der Waals surface area contributed by atoms with E-state index in [0.717, 1.165) is 10.4 Å². The van der Waals surface area contributed by atoms with E-state index in [0.29, 0.717) is 12.2 Å². The highest BCUT2D eigenvalue weighted by molar-refractivity contribution is 7.98. The normalized spacial score (nSPS) is 12.8. The van der Waals surface area contributed by atoms with Crippen LogP contribution in [0.15, 0.2) is 30.3 Å². The van der Waals surface area contributed by atoms with E-state index in [1.165, 1.54) is 29.1 Å². The average Bonchev–Trinajstić information content (AvgIpc) is 3.03. The van der Waals surface area contributed by atoms with Gasteiger partial charge in [-0.05, 0) is 56.9 Å². The molecule has 0 spiro atoms. The highest BCUT2D eigenvalue weighted by Gasteiger charge is 2.24. The lowest BCUT2D eigenvalue weighted by atomic mass is 10.1. The van der Waals surface area contributed by atoms with Crippen LogP contribution >= 0.6 is 23.1 Å². The number of carbonyl (C=O) groups is 2. The number of nitrogens with zero attached hydrogens (tertiary/aromatic N) is 1. The number of benzene rings is 1. The Balaban J connectivity index is 2.12. The first-order valence-electron chi connectivity index (χ1n) is 9.14. The summed E-state index contributed by atoms with van der Waals surface area (Å²) in [6.45, 7) is 5.96. The van der Waals surface area contributed by atoms with Gasteiger partial charge in [0.15, 0.2) is 0 Å². The van der Waals surface area contributed by atoms with Crippen LogP contribution in [0.3, 0.4) is 0 Å². The predicted molar refractivity (Wildman–Crippen MR) is 118 cm³/mol. The van der Waals surface area contributed by atoms with E-state index in [1.807, 2.05) is 27.0 Å². The zero-order valence-corrected chi connectivity index (χ0v) is 18.5. The maximum Gasteiger partial charge on any atom is 0.270 e. The SMILES string of the molecule is CSCC[C@H](NC(=O)c1cccc([N+](=O)[O-])c1)C(=O)N[C@H](C)c1cc(C)sc1C. The summed E-state index contributed by atoms with van der Waals surface area (Å²) in [6.07, 6.45) is 2.39. The Morgan fingerprint density at radius 2 is 1.97 bits per heavy atom. The lowest BCUT2D eigenvalue weighted by Crippen LogP contribution is -2.47. The van der Waals surface area contributed by atoms with Crippen molar-refractivity contribution in [2.75, 3.05) is 12.0 Å². The van der Waals surface area contributed by atoms with Gasteiger partial charge in [-0.15, -0.1) is 11.3 Å². The quantitative estimate of drug-likeness (QED) is 0.458. The molecule has 7 nitrogen and oxygen atoms in total. The summed E-state index contributed by atoms with van der Waals surface area (Å²) in [6, 6.07) is 6.62. The molecule has 0 bridgehead atoms. The summed E-state index contributed by atoms with van der Waals surface area (Å²) in [5.74, 6) is -0.0862. The molecule has 9 heteroatoms. The first-order valence-corrected chi connectivity index (χ1v) is 11.4. The Bertz CT molecular complexity index is 898. The average molecular weight is 436 g/mol. The fourth-order valence-electron chi connectivity index (χ4n) is 2.98. The fraction of sp³-hybridized carbons (Fsp3) is 0.400. The van der Waals surface area contributed by atoms with Gasteiger partial charge in [0.1, 0.15) is 6.04 Å². The summed E-state index contributed by atoms with van der Waals surface area (Å²) in [4.78, 5) is 38.2. The minimum Gasteiger partial charge on any atom is -0.348 e. The standard InChI is InChI=1S/C20H25N3O4S2/c1-12-10-17(14(3)29-12)13(2)21-20(25)18(8-9-28-4)22-19(24)15-6-5-7-16(11-15)23(26)27/h5-7,10-11,13,18H,8-9H2,1-4H3,(H,21,25)(H,22,24)/t13-,18+/m1/s1. The zero-order chi connectivity index (χ0) is 21.6. The van der Waals surface area contributed by atoms with Gasteiger partial charge in [-0.3, -0.25) is 19.7 Å². The van der Waals surface area contributed by atoms with Crippen LogP contribution in [0.4, 0.5) is 5.69 Å². The summed E-state index contributed by atoms with van der Waals surface area (Å²) in [7, 11) is 0. The highest BCUT2D eigenvalue weighted by Crippen LogP contribution is 2.26. The van der Waals surface area contributed by atoms with Crippen molar-refractivity contribution in [2.45, 2.75) is 39.3 Å². The van der Waals surface area contributed by atoms with Crippen LogP contribution in [-0.4, -0.2) is 34.8 Å². The van der Waals surface area contributed by atoms with Crippen molar-refractivity contribution in [1.29, 1.82) is 0 Å². The molecule has 0 fully saturated rings. The number of hydrogen-bond acceptors (Lipinski definition) is 6. The predicted octanol–water partition coefficient (Wildman–Crippen LogP) is 4.00. The summed E-state index contributed by atoms with van der Waals surface area (Å²) in [5.41, 5.74) is 1.05. The second kappa shape index (κ2) is 10.4. The number of aryl methyl sites for hydroxylation is 2. The molecule has 1 heterocycles. The molecular formula is C20H25N3O4S2. The molecule has 29 heavy (non-hydrogen) atoms. The second-order valence-corrected chi connectivity index (χ2v) is 9.16. The molecule has 2 atom stereocenters. The number of nitro groups is 1. The van der Waals surface area contributed by atoms with E-state index in [4.69, 9.17) is 0 Å². The van der Waals surface area contributed by atoms with Crippen molar-refractivity contribution in [3.05, 3.63) is 61.3 Å². The Morgan fingerprint density at radius 3 is 2.55 bits per heavy atom. The Kier molecular flexibility index (Phi) is 8.21. The number of carbonyl (C=O) groups excluding carboxylic acids is 2. The molecule has 2 rings (SSSR count). The molecule has 2 N–H and O–H groups in total. The van der Waals surface area contributed by atoms with Crippen molar-refractivity contribution in [1.82, 2.24) is 10.6 Å². The van der Waals surface area contributed by atoms with Gasteiger partial charge in [-0.1, -0.05) is 6.07 Å². The van der Waals surface area contributed by atoms with E-state index in [9.17, 15) is 19.7 Å². The number of rotatable bonds is 9. The Morgan fingerprint density at radius 1 is 1.24 bits per heavy atom. The maximum absolute atomic E-state index is 12.9. The van der Waals surface area contributed by atoms with Crippen molar-refractivity contribution >= 4 is 40.6 Å². The second-order valence-electron chi connectivity index (χ2n) is 6.71. The van der Waals surface area contributed by atoms with Crippen LogP contribution in [-0.2, 0) is 4.79 Å². The zero-order valence-electron chi connectivity index (χ0n) is 16.9. The molecule has 0 radical (unpaired) electrons. The van der Waals surface area contributed by atoms with E-state index >= 15 is 0 Å². The van der Waals surface area contributed by atoms with Gasteiger partial charge in [-0.2, -0.15) is 11.8 Å². The number of thioether (sulfide) groups is 1. The summed E-state index contributed by atoms with van der Waals surface area (Å²) < 4.78 is 0. The van der Waals surface area contributed by atoms with E-state index in [-0.39, 0.29) is 23.2 Å². The smallest absolute Gasteiger partial charge is 0.270 e. The van der Waals surface area contributed by atoms with Crippen molar-refractivity contribution in [2.24, 2.45) is 0 Å². The van der Waals surface area contributed by atoms with Crippen LogP contribution in [0.2, 0.25) is 0 Å². The maximum atomic E-state index is 12.9. The number of hydrogen-bond donors (Lipinski definition) is 2. The number of non-ortho nitro benzene ring substituents is 1.